The Morgan fingerprint density at radius 1 is 1.35 bits per heavy atom. The molecular formula is C12H8N4S. The van der Waals surface area contributed by atoms with E-state index in [1.54, 1.807) is 28.1 Å². The minimum atomic E-state index is 0.588. The number of nitriles is 1. The van der Waals surface area contributed by atoms with Gasteiger partial charge in [-0.2, -0.15) is 10.4 Å². The molecule has 0 amide bonds. The monoisotopic (exact) mass is 240 g/mol. The van der Waals surface area contributed by atoms with E-state index >= 15 is 0 Å². The van der Waals surface area contributed by atoms with Gasteiger partial charge in [-0.3, -0.25) is 0 Å². The minimum absolute atomic E-state index is 0.588. The number of hydrogen-bond acceptors (Lipinski definition) is 4. The van der Waals surface area contributed by atoms with Crippen molar-refractivity contribution in [1.29, 1.82) is 5.26 Å². The molecule has 0 atom stereocenters. The molecule has 3 rings (SSSR count). The molecule has 0 fully saturated rings. The van der Waals surface area contributed by atoms with Crippen LogP contribution in [0, 0.1) is 11.3 Å². The Morgan fingerprint density at radius 3 is 3.06 bits per heavy atom. The van der Waals surface area contributed by atoms with Gasteiger partial charge in [0.15, 0.2) is 11.5 Å². The molecular weight excluding hydrogens is 232 g/mol. The third-order valence-corrected chi connectivity index (χ3v) is 3.29. The summed E-state index contributed by atoms with van der Waals surface area (Å²) in [6.45, 7) is 0. The van der Waals surface area contributed by atoms with E-state index in [0.29, 0.717) is 5.56 Å². The molecule has 0 aliphatic carbocycles. The molecule has 4 nitrogen and oxygen atoms in total. The van der Waals surface area contributed by atoms with Crippen LogP contribution >= 0.6 is 11.3 Å². The quantitative estimate of drug-likeness (QED) is 0.690. The smallest absolute Gasteiger partial charge is 0.156 e. The third-order valence-electron chi connectivity index (χ3n) is 2.42. The standard InChI is InChI=1S/C12H8N4S/c13-7-9-3-4-12-14-11(15-16(12)8-9)6-10-2-1-5-17-10/h1-5,8H,6H2. The molecule has 0 aliphatic rings. The molecule has 17 heavy (non-hydrogen) atoms. The largest absolute Gasteiger partial charge is 0.220 e. The Bertz CT molecular complexity index is 691. The zero-order valence-electron chi connectivity index (χ0n) is 8.87. The van der Waals surface area contributed by atoms with E-state index in [-0.39, 0.29) is 0 Å². The Labute approximate surface area is 102 Å². The molecule has 0 bridgehead atoms. The van der Waals surface area contributed by atoms with E-state index in [1.807, 2.05) is 17.5 Å². The molecule has 0 saturated carbocycles. The summed E-state index contributed by atoms with van der Waals surface area (Å²) in [5.41, 5.74) is 1.36. The van der Waals surface area contributed by atoms with Gasteiger partial charge in [-0.1, -0.05) is 6.07 Å². The Kier molecular flexibility index (Phi) is 2.35. The predicted molar refractivity (Wildman–Crippen MR) is 64.8 cm³/mol. The van der Waals surface area contributed by atoms with E-state index in [1.165, 1.54) is 4.88 Å². The molecule has 82 valence electrons. The van der Waals surface area contributed by atoms with Crippen LogP contribution in [0.3, 0.4) is 0 Å². The van der Waals surface area contributed by atoms with Crippen molar-refractivity contribution < 1.29 is 0 Å². The van der Waals surface area contributed by atoms with Crippen molar-refractivity contribution in [2.24, 2.45) is 0 Å². The third kappa shape index (κ3) is 1.90. The second-order valence-electron chi connectivity index (χ2n) is 3.62. The summed E-state index contributed by atoms with van der Waals surface area (Å²) in [5.74, 6) is 0.780. The van der Waals surface area contributed by atoms with E-state index < -0.39 is 0 Å². The van der Waals surface area contributed by atoms with E-state index in [4.69, 9.17) is 5.26 Å². The normalized spacial score (nSPS) is 10.5. The lowest BCUT2D eigenvalue weighted by Crippen LogP contribution is -1.90. The number of thiophene rings is 1. The van der Waals surface area contributed by atoms with Gasteiger partial charge < -0.3 is 0 Å². The van der Waals surface area contributed by atoms with Crippen molar-refractivity contribution in [2.75, 3.05) is 0 Å². The minimum Gasteiger partial charge on any atom is -0.220 e. The predicted octanol–water partition coefficient (Wildman–Crippen LogP) is 2.25. The molecule has 0 aliphatic heterocycles. The number of pyridine rings is 1. The Balaban J connectivity index is 1.99. The number of hydrogen-bond donors (Lipinski definition) is 0. The van der Waals surface area contributed by atoms with Crippen LogP contribution in [0.1, 0.15) is 16.3 Å². The number of rotatable bonds is 2. The summed E-state index contributed by atoms with van der Waals surface area (Å²) in [5, 5.41) is 15.2. The number of nitrogens with zero attached hydrogens (tertiary/aromatic N) is 4. The van der Waals surface area contributed by atoms with Crippen molar-refractivity contribution in [3.63, 3.8) is 0 Å². The summed E-state index contributed by atoms with van der Waals surface area (Å²) in [6, 6.07) is 9.73. The molecule has 3 aromatic heterocycles. The van der Waals surface area contributed by atoms with Crippen molar-refractivity contribution in [2.45, 2.75) is 6.42 Å². The van der Waals surface area contributed by atoms with Gasteiger partial charge in [-0.25, -0.2) is 9.50 Å². The zero-order chi connectivity index (χ0) is 11.7. The molecule has 5 heteroatoms. The molecule has 0 aromatic carbocycles. The number of fused-ring (bicyclic) bond motifs is 1. The maximum Gasteiger partial charge on any atom is 0.156 e. The summed E-state index contributed by atoms with van der Waals surface area (Å²) < 4.78 is 1.65. The number of aromatic nitrogens is 3. The van der Waals surface area contributed by atoms with Crippen LogP contribution in [0.4, 0.5) is 0 Å². The van der Waals surface area contributed by atoms with Gasteiger partial charge in [0.25, 0.3) is 0 Å². The second kappa shape index (κ2) is 4.00. The van der Waals surface area contributed by atoms with Gasteiger partial charge in [0, 0.05) is 17.5 Å². The van der Waals surface area contributed by atoms with Crippen LogP contribution in [0.5, 0.6) is 0 Å². The lowest BCUT2D eigenvalue weighted by molar-refractivity contribution is 0.903. The van der Waals surface area contributed by atoms with Crippen LogP contribution in [-0.4, -0.2) is 14.6 Å². The van der Waals surface area contributed by atoms with E-state index in [9.17, 15) is 0 Å². The first-order chi connectivity index (χ1) is 8.35. The summed E-state index contributed by atoms with van der Waals surface area (Å²) in [4.78, 5) is 5.65. The Morgan fingerprint density at radius 2 is 2.29 bits per heavy atom. The molecule has 0 unspecified atom stereocenters. The lowest BCUT2D eigenvalue weighted by Gasteiger charge is -1.90. The average Bonchev–Trinajstić information content (AvgIpc) is 2.96. The zero-order valence-corrected chi connectivity index (χ0v) is 9.68. The highest BCUT2D eigenvalue weighted by Crippen LogP contribution is 2.13. The van der Waals surface area contributed by atoms with Gasteiger partial charge in [-0.15, -0.1) is 11.3 Å². The van der Waals surface area contributed by atoms with Gasteiger partial charge in [0.1, 0.15) is 6.07 Å². The summed E-state index contributed by atoms with van der Waals surface area (Å²) >= 11 is 1.69. The van der Waals surface area contributed by atoms with E-state index in [2.05, 4.69) is 22.2 Å². The molecule has 0 spiro atoms. The Hall–Kier alpha value is -2.19. The van der Waals surface area contributed by atoms with Gasteiger partial charge in [-0.05, 0) is 23.6 Å². The van der Waals surface area contributed by atoms with Crippen LogP contribution in [0.2, 0.25) is 0 Å². The first kappa shape index (κ1) is 10.00. The topological polar surface area (TPSA) is 54.0 Å². The fraction of sp³-hybridized carbons (Fsp3) is 0.0833. The summed E-state index contributed by atoms with van der Waals surface area (Å²) in [6.07, 6.45) is 2.43. The highest BCUT2D eigenvalue weighted by Gasteiger charge is 2.05. The van der Waals surface area contributed by atoms with Gasteiger partial charge in [0.05, 0.1) is 5.56 Å². The maximum absolute atomic E-state index is 8.80. The molecule has 3 aromatic rings. The van der Waals surface area contributed by atoms with Crippen molar-refractivity contribution in [1.82, 2.24) is 14.6 Å². The van der Waals surface area contributed by atoms with Crippen LogP contribution in [-0.2, 0) is 6.42 Å². The fourth-order valence-corrected chi connectivity index (χ4v) is 2.34. The average molecular weight is 240 g/mol. The first-order valence-electron chi connectivity index (χ1n) is 5.13. The van der Waals surface area contributed by atoms with E-state index in [0.717, 1.165) is 17.9 Å². The van der Waals surface area contributed by atoms with Crippen molar-refractivity contribution in [3.05, 3.63) is 52.1 Å². The van der Waals surface area contributed by atoms with Crippen LogP contribution < -0.4 is 0 Å². The van der Waals surface area contributed by atoms with Crippen molar-refractivity contribution >= 4 is 17.0 Å². The molecule has 0 saturated heterocycles. The second-order valence-corrected chi connectivity index (χ2v) is 4.65. The van der Waals surface area contributed by atoms with Crippen LogP contribution in [0.15, 0.2) is 35.8 Å². The highest BCUT2D eigenvalue weighted by molar-refractivity contribution is 7.09. The molecule has 0 N–H and O–H groups in total. The summed E-state index contributed by atoms with van der Waals surface area (Å²) in [7, 11) is 0. The van der Waals surface area contributed by atoms with Crippen LogP contribution in [0.25, 0.3) is 5.65 Å². The first-order valence-corrected chi connectivity index (χ1v) is 6.01. The fourth-order valence-electron chi connectivity index (χ4n) is 1.64. The van der Waals surface area contributed by atoms with Crippen molar-refractivity contribution in [3.8, 4) is 6.07 Å². The SMILES string of the molecule is N#Cc1ccc2nc(Cc3cccs3)nn2c1. The lowest BCUT2D eigenvalue weighted by atomic mass is 10.3. The van der Waals surface area contributed by atoms with Gasteiger partial charge >= 0.3 is 0 Å². The maximum atomic E-state index is 8.80. The molecule has 3 heterocycles. The molecule has 0 radical (unpaired) electrons. The highest BCUT2D eigenvalue weighted by atomic mass is 32.1. The van der Waals surface area contributed by atoms with Gasteiger partial charge in [0.2, 0.25) is 0 Å².